The second-order valence-corrected chi connectivity index (χ2v) is 8.32. The SMILES string of the molecule is COc1cccc(C2C(C(=O)CCc3ccccc3)=C(O)C(=O)N2c2cc(C)ccc2C)c1. The fraction of sp³-hybridized carbons (Fsp3) is 0.214. The summed E-state index contributed by atoms with van der Waals surface area (Å²) in [5.41, 5.74) is 4.40. The molecule has 1 aliphatic rings. The molecule has 3 aromatic rings. The number of ketones is 1. The van der Waals surface area contributed by atoms with Crippen molar-refractivity contribution in [1.82, 2.24) is 0 Å². The van der Waals surface area contributed by atoms with Crippen LogP contribution in [0.3, 0.4) is 0 Å². The number of aliphatic hydroxyl groups excluding tert-OH is 1. The molecule has 4 rings (SSSR count). The number of carbonyl (C=O) groups excluding carboxylic acids is 2. The third kappa shape index (κ3) is 4.40. The first-order valence-electron chi connectivity index (χ1n) is 11.0. The van der Waals surface area contributed by atoms with Gasteiger partial charge in [0.15, 0.2) is 11.5 Å². The number of aliphatic hydroxyl groups is 1. The standard InChI is InChI=1S/C28H27NO4/c1-18-12-13-19(2)23(16-18)29-26(21-10-7-11-22(17-21)33-3)25(27(31)28(29)32)24(30)15-14-20-8-5-4-6-9-20/h4-13,16-17,26,31H,14-15H2,1-3H3. The molecule has 1 atom stereocenters. The van der Waals surface area contributed by atoms with Crippen molar-refractivity contribution in [1.29, 1.82) is 0 Å². The van der Waals surface area contributed by atoms with Crippen LogP contribution in [0, 0.1) is 13.8 Å². The zero-order valence-corrected chi connectivity index (χ0v) is 19.0. The van der Waals surface area contributed by atoms with E-state index in [9.17, 15) is 14.7 Å². The van der Waals surface area contributed by atoms with Gasteiger partial charge in [-0.3, -0.25) is 14.5 Å². The number of anilines is 1. The van der Waals surface area contributed by atoms with Crippen molar-refractivity contribution in [3.05, 3.63) is 106 Å². The number of ether oxygens (including phenoxy) is 1. The second kappa shape index (κ2) is 9.33. The lowest BCUT2D eigenvalue weighted by molar-refractivity contribution is -0.118. The predicted molar refractivity (Wildman–Crippen MR) is 129 cm³/mol. The van der Waals surface area contributed by atoms with Gasteiger partial charge in [0, 0.05) is 12.1 Å². The van der Waals surface area contributed by atoms with Gasteiger partial charge in [-0.1, -0.05) is 54.6 Å². The summed E-state index contributed by atoms with van der Waals surface area (Å²) >= 11 is 0. The molecule has 3 aromatic carbocycles. The molecule has 0 aromatic heterocycles. The molecule has 168 valence electrons. The smallest absolute Gasteiger partial charge is 0.294 e. The van der Waals surface area contributed by atoms with Gasteiger partial charge in [-0.05, 0) is 60.7 Å². The van der Waals surface area contributed by atoms with Gasteiger partial charge in [0.1, 0.15) is 5.75 Å². The molecule has 5 nitrogen and oxygen atoms in total. The zero-order chi connectivity index (χ0) is 23.5. The van der Waals surface area contributed by atoms with Crippen LogP contribution in [0.4, 0.5) is 5.69 Å². The predicted octanol–water partition coefficient (Wildman–Crippen LogP) is 5.41. The van der Waals surface area contributed by atoms with E-state index >= 15 is 0 Å². The highest BCUT2D eigenvalue weighted by atomic mass is 16.5. The van der Waals surface area contributed by atoms with Crippen molar-refractivity contribution >= 4 is 17.4 Å². The molecule has 0 radical (unpaired) electrons. The lowest BCUT2D eigenvalue weighted by Crippen LogP contribution is -2.31. The maximum atomic E-state index is 13.4. The van der Waals surface area contributed by atoms with Crippen molar-refractivity contribution < 1.29 is 19.4 Å². The first-order valence-corrected chi connectivity index (χ1v) is 11.0. The number of carbonyl (C=O) groups is 2. The first kappa shape index (κ1) is 22.3. The van der Waals surface area contributed by atoms with Gasteiger partial charge in [0.25, 0.3) is 5.91 Å². The number of nitrogens with zero attached hydrogens (tertiary/aromatic N) is 1. The fourth-order valence-electron chi connectivity index (χ4n) is 4.28. The van der Waals surface area contributed by atoms with Crippen LogP contribution < -0.4 is 9.64 Å². The number of benzene rings is 3. The fourth-order valence-corrected chi connectivity index (χ4v) is 4.28. The Morgan fingerprint density at radius 1 is 1.00 bits per heavy atom. The molecule has 1 amide bonds. The Hall–Kier alpha value is -3.86. The third-order valence-electron chi connectivity index (χ3n) is 6.03. The largest absolute Gasteiger partial charge is 0.503 e. The van der Waals surface area contributed by atoms with E-state index in [-0.39, 0.29) is 17.8 Å². The van der Waals surface area contributed by atoms with Gasteiger partial charge in [-0.25, -0.2) is 0 Å². The summed E-state index contributed by atoms with van der Waals surface area (Å²) in [7, 11) is 1.57. The van der Waals surface area contributed by atoms with E-state index in [1.54, 1.807) is 13.2 Å². The van der Waals surface area contributed by atoms with E-state index in [4.69, 9.17) is 4.74 Å². The van der Waals surface area contributed by atoms with E-state index in [2.05, 4.69) is 0 Å². The van der Waals surface area contributed by atoms with Crippen molar-refractivity contribution in [2.75, 3.05) is 12.0 Å². The highest BCUT2D eigenvalue weighted by Gasteiger charge is 2.44. The highest BCUT2D eigenvalue weighted by molar-refractivity contribution is 6.16. The van der Waals surface area contributed by atoms with Gasteiger partial charge in [0.05, 0.1) is 18.7 Å². The quantitative estimate of drug-likeness (QED) is 0.532. The normalized spacial score (nSPS) is 15.8. The maximum Gasteiger partial charge on any atom is 0.294 e. The van der Waals surface area contributed by atoms with Gasteiger partial charge < -0.3 is 9.84 Å². The van der Waals surface area contributed by atoms with Crippen molar-refractivity contribution in [3.8, 4) is 5.75 Å². The van der Waals surface area contributed by atoms with Crippen molar-refractivity contribution in [3.63, 3.8) is 0 Å². The molecular formula is C28H27NO4. The Kier molecular flexibility index (Phi) is 6.31. The molecular weight excluding hydrogens is 414 g/mol. The molecule has 1 aliphatic heterocycles. The molecule has 1 unspecified atom stereocenters. The summed E-state index contributed by atoms with van der Waals surface area (Å²) in [6.45, 7) is 3.86. The molecule has 0 fully saturated rings. The molecule has 1 heterocycles. The average Bonchev–Trinajstić information content (AvgIpc) is 3.10. The Morgan fingerprint density at radius 2 is 1.76 bits per heavy atom. The van der Waals surface area contributed by atoms with Crippen molar-refractivity contribution in [2.45, 2.75) is 32.7 Å². The van der Waals surface area contributed by atoms with Crippen LogP contribution in [0.15, 0.2) is 84.1 Å². The molecule has 0 saturated heterocycles. The van der Waals surface area contributed by atoms with Crippen LogP contribution in [-0.2, 0) is 16.0 Å². The van der Waals surface area contributed by atoms with Crippen LogP contribution in [-0.4, -0.2) is 23.9 Å². The summed E-state index contributed by atoms with van der Waals surface area (Å²) in [6, 6.07) is 22.1. The summed E-state index contributed by atoms with van der Waals surface area (Å²) < 4.78 is 5.39. The summed E-state index contributed by atoms with van der Waals surface area (Å²) in [5.74, 6) is -0.685. The minimum atomic E-state index is -0.739. The van der Waals surface area contributed by atoms with E-state index in [1.165, 1.54) is 4.90 Å². The Morgan fingerprint density at radius 3 is 2.48 bits per heavy atom. The van der Waals surface area contributed by atoms with Crippen molar-refractivity contribution in [2.24, 2.45) is 0 Å². The molecule has 0 saturated carbocycles. The van der Waals surface area contributed by atoms with E-state index in [0.717, 1.165) is 16.7 Å². The molecule has 33 heavy (non-hydrogen) atoms. The first-order chi connectivity index (χ1) is 15.9. The lowest BCUT2D eigenvalue weighted by Gasteiger charge is -2.28. The topological polar surface area (TPSA) is 66.8 Å². The summed E-state index contributed by atoms with van der Waals surface area (Å²) in [6.07, 6.45) is 0.719. The Bertz CT molecular complexity index is 1230. The summed E-state index contributed by atoms with van der Waals surface area (Å²) in [5, 5.41) is 10.9. The van der Waals surface area contributed by atoms with Gasteiger partial charge in [-0.2, -0.15) is 0 Å². The molecule has 0 bridgehead atoms. The number of hydrogen-bond acceptors (Lipinski definition) is 4. The molecule has 5 heteroatoms. The minimum Gasteiger partial charge on any atom is -0.503 e. The second-order valence-electron chi connectivity index (χ2n) is 8.32. The molecule has 0 spiro atoms. The Labute approximate surface area is 193 Å². The Balaban J connectivity index is 1.78. The monoisotopic (exact) mass is 441 g/mol. The van der Waals surface area contributed by atoms with Crippen LogP contribution in [0.5, 0.6) is 5.75 Å². The molecule has 0 aliphatic carbocycles. The van der Waals surface area contributed by atoms with E-state index in [0.29, 0.717) is 23.4 Å². The molecule has 1 N–H and O–H groups in total. The van der Waals surface area contributed by atoms with Crippen LogP contribution in [0.2, 0.25) is 0 Å². The number of rotatable bonds is 7. The number of hydrogen-bond donors (Lipinski definition) is 1. The van der Waals surface area contributed by atoms with Crippen LogP contribution >= 0.6 is 0 Å². The van der Waals surface area contributed by atoms with Gasteiger partial charge in [-0.15, -0.1) is 0 Å². The van der Waals surface area contributed by atoms with Gasteiger partial charge in [0.2, 0.25) is 0 Å². The highest BCUT2D eigenvalue weighted by Crippen LogP contribution is 2.43. The van der Waals surface area contributed by atoms with E-state index < -0.39 is 17.7 Å². The van der Waals surface area contributed by atoms with E-state index in [1.807, 2.05) is 80.6 Å². The summed E-state index contributed by atoms with van der Waals surface area (Å²) in [4.78, 5) is 28.3. The number of aryl methyl sites for hydroxylation is 3. The third-order valence-corrected chi connectivity index (χ3v) is 6.03. The number of Topliss-reactive ketones (excluding diaryl/α,β-unsaturated/α-hetero) is 1. The number of amides is 1. The minimum absolute atomic E-state index is 0.130. The number of methoxy groups -OCH3 is 1. The van der Waals surface area contributed by atoms with Gasteiger partial charge >= 0.3 is 0 Å². The average molecular weight is 442 g/mol. The zero-order valence-electron chi connectivity index (χ0n) is 19.0. The van der Waals surface area contributed by atoms with Crippen LogP contribution in [0.25, 0.3) is 0 Å². The lowest BCUT2D eigenvalue weighted by atomic mass is 9.92. The maximum absolute atomic E-state index is 13.4. The van der Waals surface area contributed by atoms with Crippen LogP contribution in [0.1, 0.15) is 34.7 Å².